The summed E-state index contributed by atoms with van der Waals surface area (Å²) in [6, 6.07) is 60.5. The minimum absolute atomic E-state index is 0.630. The van der Waals surface area contributed by atoms with Crippen molar-refractivity contribution in [1.29, 1.82) is 0 Å². The second-order valence-corrected chi connectivity index (χ2v) is 14.5. The van der Waals surface area contributed by atoms with E-state index in [-0.39, 0.29) is 0 Å². The van der Waals surface area contributed by atoms with Crippen LogP contribution in [0.25, 0.3) is 122 Å². The van der Waals surface area contributed by atoms with E-state index in [1.807, 2.05) is 18.2 Å². The van der Waals surface area contributed by atoms with Crippen LogP contribution in [0.4, 0.5) is 0 Å². The molecule has 1 aliphatic heterocycles. The predicted molar refractivity (Wildman–Crippen MR) is 225 cm³/mol. The third-order valence-corrected chi connectivity index (χ3v) is 11.7. The van der Waals surface area contributed by atoms with Gasteiger partial charge in [0.25, 0.3) is 0 Å². The summed E-state index contributed by atoms with van der Waals surface area (Å²) in [6.45, 7) is 0. The zero-order chi connectivity index (χ0) is 35.8. The molecule has 4 aromatic heterocycles. The Balaban J connectivity index is 1.22. The standard InChI is InChI=1S/C50H28N4O/c1-2-17-32-29(14-1)30-15-4-9-23-39(30)53-40-24-10-5-16-31(40)37-28-42-46(47(32)49(37)53)34-19-6-11-25-41(34)54(42)50-51-38-22-8-3-18-33(38)48(52-50)36-21-13-27-44-45(36)35-20-7-12-26-43(35)55-44/h1-28H. The molecule has 0 amide bonds. The highest BCUT2D eigenvalue weighted by Crippen LogP contribution is 2.51. The molecule has 5 heterocycles. The smallest absolute Gasteiger partial charge is 0.235 e. The fourth-order valence-corrected chi connectivity index (χ4v) is 9.47. The second kappa shape index (κ2) is 10.6. The molecule has 12 aromatic rings. The second-order valence-electron chi connectivity index (χ2n) is 14.5. The first-order chi connectivity index (χ1) is 27.3. The van der Waals surface area contributed by atoms with Crippen molar-refractivity contribution in [2.45, 2.75) is 0 Å². The number of nitrogens with zero attached hydrogens (tertiary/aromatic N) is 4. The van der Waals surface area contributed by atoms with Gasteiger partial charge < -0.3 is 8.98 Å². The summed E-state index contributed by atoms with van der Waals surface area (Å²) in [5.41, 5.74) is 15.1. The minimum atomic E-state index is 0.630. The first kappa shape index (κ1) is 29.0. The van der Waals surface area contributed by atoms with Crippen molar-refractivity contribution in [3.8, 4) is 45.1 Å². The lowest BCUT2D eigenvalue weighted by molar-refractivity contribution is 0.669. The van der Waals surface area contributed by atoms with E-state index in [1.165, 1.54) is 55.1 Å². The van der Waals surface area contributed by atoms with Crippen LogP contribution in [0.5, 0.6) is 0 Å². The van der Waals surface area contributed by atoms with Crippen LogP contribution >= 0.6 is 0 Å². The predicted octanol–water partition coefficient (Wildman–Crippen LogP) is 13.0. The molecule has 0 unspecified atom stereocenters. The zero-order valence-electron chi connectivity index (χ0n) is 29.4. The Kier molecular flexibility index (Phi) is 5.57. The van der Waals surface area contributed by atoms with E-state index in [0.717, 1.165) is 60.5 Å². The fraction of sp³-hybridized carbons (Fsp3) is 0. The molecule has 55 heavy (non-hydrogen) atoms. The summed E-state index contributed by atoms with van der Waals surface area (Å²) >= 11 is 0. The van der Waals surface area contributed by atoms with Gasteiger partial charge in [-0.25, -0.2) is 9.97 Å². The van der Waals surface area contributed by atoms with Crippen LogP contribution in [0.3, 0.4) is 0 Å². The van der Waals surface area contributed by atoms with Gasteiger partial charge in [-0.3, -0.25) is 4.57 Å². The molecule has 5 heteroatoms. The first-order valence-corrected chi connectivity index (χ1v) is 18.7. The average Bonchev–Trinajstić information content (AvgIpc) is 3.87. The number of fused-ring (bicyclic) bond motifs is 16. The monoisotopic (exact) mass is 700 g/mol. The van der Waals surface area contributed by atoms with Gasteiger partial charge in [0.05, 0.1) is 39.0 Å². The molecular formula is C50H28N4O. The number of furan rings is 1. The molecule has 0 aliphatic carbocycles. The van der Waals surface area contributed by atoms with Gasteiger partial charge in [0.2, 0.25) is 5.95 Å². The number of para-hydroxylation sites is 5. The molecule has 0 bridgehead atoms. The Morgan fingerprint density at radius 2 is 1.04 bits per heavy atom. The topological polar surface area (TPSA) is 48.8 Å². The van der Waals surface area contributed by atoms with Crippen LogP contribution in [0.15, 0.2) is 174 Å². The molecule has 0 N–H and O–H groups in total. The van der Waals surface area contributed by atoms with Gasteiger partial charge >= 0.3 is 0 Å². The van der Waals surface area contributed by atoms with E-state index in [2.05, 4.69) is 161 Å². The summed E-state index contributed by atoms with van der Waals surface area (Å²) in [6.07, 6.45) is 0. The van der Waals surface area contributed by atoms with Gasteiger partial charge in [-0.2, -0.15) is 0 Å². The Hall–Kier alpha value is -7.50. The van der Waals surface area contributed by atoms with Crippen molar-refractivity contribution in [1.82, 2.24) is 19.1 Å². The number of hydrogen-bond acceptors (Lipinski definition) is 3. The van der Waals surface area contributed by atoms with Crippen LogP contribution in [-0.2, 0) is 0 Å². The van der Waals surface area contributed by atoms with Crippen molar-refractivity contribution >= 4 is 76.5 Å². The third kappa shape index (κ3) is 3.76. The molecule has 8 aromatic carbocycles. The summed E-state index contributed by atoms with van der Waals surface area (Å²) in [5, 5.41) is 7.88. The molecule has 1 aliphatic rings. The van der Waals surface area contributed by atoms with Crippen LogP contribution in [-0.4, -0.2) is 19.1 Å². The molecule has 0 saturated carbocycles. The Morgan fingerprint density at radius 1 is 0.400 bits per heavy atom. The van der Waals surface area contributed by atoms with E-state index in [1.54, 1.807) is 0 Å². The van der Waals surface area contributed by atoms with Gasteiger partial charge in [-0.05, 0) is 53.6 Å². The Labute approximate surface area is 313 Å². The highest BCUT2D eigenvalue weighted by atomic mass is 16.3. The Bertz CT molecular complexity index is 3620. The van der Waals surface area contributed by atoms with Gasteiger partial charge in [0.15, 0.2) is 0 Å². The molecule has 5 nitrogen and oxygen atoms in total. The number of rotatable bonds is 2. The zero-order valence-corrected chi connectivity index (χ0v) is 29.4. The highest BCUT2D eigenvalue weighted by molar-refractivity contribution is 6.28. The summed E-state index contributed by atoms with van der Waals surface area (Å²) in [4.78, 5) is 10.9. The van der Waals surface area contributed by atoms with Gasteiger partial charge in [0.1, 0.15) is 11.2 Å². The fourth-order valence-electron chi connectivity index (χ4n) is 9.47. The van der Waals surface area contributed by atoms with Crippen LogP contribution < -0.4 is 0 Å². The maximum absolute atomic E-state index is 6.37. The number of hydrogen-bond donors (Lipinski definition) is 0. The van der Waals surface area contributed by atoms with Crippen molar-refractivity contribution in [3.63, 3.8) is 0 Å². The van der Waals surface area contributed by atoms with Gasteiger partial charge in [0, 0.05) is 54.4 Å². The molecular weight excluding hydrogens is 673 g/mol. The molecule has 0 spiro atoms. The lowest BCUT2D eigenvalue weighted by Crippen LogP contribution is -2.03. The van der Waals surface area contributed by atoms with Crippen LogP contribution in [0, 0.1) is 0 Å². The van der Waals surface area contributed by atoms with Crippen molar-refractivity contribution in [3.05, 3.63) is 170 Å². The summed E-state index contributed by atoms with van der Waals surface area (Å²) in [7, 11) is 0. The maximum Gasteiger partial charge on any atom is 0.235 e. The van der Waals surface area contributed by atoms with Crippen molar-refractivity contribution in [2.75, 3.05) is 0 Å². The lowest BCUT2D eigenvalue weighted by Gasteiger charge is -2.14. The SMILES string of the molecule is c1ccc2c(c1)-c1ccccc1-n1c3ccccc3c3cc4c(c-2c31)c1ccccc1n4-c1nc(-c2cccc3oc4ccccc4c23)c2ccccc2n1. The van der Waals surface area contributed by atoms with E-state index in [9.17, 15) is 0 Å². The van der Waals surface area contributed by atoms with Crippen molar-refractivity contribution < 1.29 is 4.42 Å². The minimum Gasteiger partial charge on any atom is -0.456 e. The van der Waals surface area contributed by atoms with Crippen LogP contribution in [0.1, 0.15) is 0 Å². The van der Waals surface area contributed by atoms with Crippen LogP contribution in [0.2, 0.25) is 0 Å². The molecule has 0 atom stereocenters. The third-order valence-electron chi connectivity index (χ3n) is 11.7. The van der Waals surface area contributed by atoms with E-state index >= 15 is 0 Å². The van der Waals surface area contributed by atoms with Gasteiger partial charge in [-0.15, -0.1) is 0 Å². The highest BCUT2D eigenvalue weighted by Gasteiger charge is 2.29. The largest absolute Gasteiger partial charge is 0.456 e. The quantitative estimate of drug-likeness (QED) is 0.180. The summed E-state index contributed by atoms with van der Waals surface area (Å²) < 4.78 is 11.1. The number of benzene rings is 8. The van der Waals surface area contributed by atoms with E-state index in [0.29, 0.717) is 5.95 Å². The van der Waals surface area contributed by atoms with Crippen molar-refractivity contribution in [2.24, 2.45) is 0 Å². The van der Waals surface area contributed by atoms with Gasteiger partial charge in [-0.1, -0.05) is 127 Å². The normalized spacial score (nSPS) is 12.4. The Morgan fingerprint density at radius 3 is 1.91 bits per heavy atom. The number of aromatic nitrogens is 4. The molecule has 13 rings (SSSR count). The average molecular weight is 701 g/mol. The maximum atomic E-state index is 6.37. The van der Waals surface area contributed by atoms with E-state index in [4.69, 9.17) is 14.4 Å². The first-order valence-electron chi connectivity index (χ1n) is 18.7. The lowest BCUT2D eigenvalue weighted by atomic mass is 9.91. The molecule has 254 valence electrons. The molecule has 0 fully saturated rings. The summed E-state index contributed by atoms with van der Waals surface area (Å²) in [5.74, 6) is 0.630. The molecule has 0 saturated heterocycles. The molecule has 0 radical (unpaired) electrons. The van der Waals surface area contributed by atoms with E-state index < -0.39 is 0 Å².